The van der Waals surface area contributed by atoms with Gasteiger partial charge in [0.15, 0.2) is 0 Å². The molecule has 0 fully saturated rings. The number of hydrogen-bond acceptors (Lipinski definition) is 6. The Labute approximate surface area is 230 Å². The molecule has 39 heavy (non-hydrogen) atoms. The van der Waals surface area contributed by atoms with E-state index in [9.17, 15) is 18.6 Å². The smallest absolute Gasteiger partial charge is 0.206 e. The van der Waals surface area contributed by atoms with E-state index in [0.717, 1.165) is 28.7 Å². The normalized spacial score (nSPS) is 11.5. The fraction of sp³-hybridized carbons (Fsp3) is 0.250. The van der Waals surface area contributed by atoms with Gasteiger partial charge in [0.05, 0.1) is 35.7 Å². The van der Waals surface area contributed by atoms with Crippen LogP contribution in [0.1, 0.15) is 38.3 Å². The Morgan fingerprint density at radius 2 is 1.10 bits per heavy atom. The Morgan fingerprint density at radius 3 is 1.54 bits per heavy atom. The highest BCUT2D eigenvalue weighted by Gasteiger charge is 2.18. The zero-order chi connectivity index (χ0) is 28.0. The summed E-state index contributed by atoms with van der Waals surface area (Å²) in [5, 5.41) is 19.5. The summed E-state index contributed by atoms with van der Waals surface area (Å²) < 4.78 is 38.1. The first-order chi connectivity index (χ1) is 18.8. The predicted molar refractivity (Wildman–Crippen MR) is 153 cm³/mol. The second-order valence-corrected chi connectivity index (χ2v) is 11.5. The highest BCUT2D eigenvalue weighted by molar-refractivity contribution is 7.91. The molecule has 2 N–H and O–H groups in total. The monoisotopic (exact) mass is 546 g/mol. The molecule has 0 aromatic heterocycles. The van der Waals surface area contributed by atoms with Crippen LogP contribution < -0.4 is 9.47 Å². The van der Waals surface area contributed by atoms with E-state index >= 15 is 0 Å². The summed E-state index contributed by atoms with van der Waals surface area (Å²) in [4.78, 5) is 0.392. The van der Waals surface area contributed by atoms with Gasteiger partial charge in [0, 0.05) is 11.1 Å². The molecule has 0 atom stereocenters. The SMILES string of the molecule is CCCOc1ccc(-c2ccc(S(=O)(=O)c3ccc(-c4ccc(OC(C)C)c(CO)c4)cc3)cc2)cc1CO. The maximum absolute atomic E-state index is 13.3. The van der Waals surface area contributed by atoms with Crippen LogP contribution in [0.3, 0.4) is 0 Å². The van der Waals surface area contributed by atoms with Gasteiger partial charge in [-0.1, -0.05) is 43.3 Å². The third-order valence-corrected chi connectivity index (χ3v) is 8.07. The summed E-state index contributed by atoms with van der Waals surface area (Å²) in [7, 11) is -3.72. The van der Waals surface area contributed by atoms with E-state index in [4.69, 9.17) is 9.47 Å². The minimum Gasteiger partial charge on any atom is -0.493 e. The van der Waals surface area contributed by atoms with Gasteiger partial charge in [-0.05, 0) is 91.1 Å². The molecule has 0 aliphatic heterocycles. The molecular weight excluding hydrogens is 512 g/mol. The second kappa shape index (κ2) is 12.5. The van der Waals surface area contributed by atoms with Crippen molar-refractivity contribution in [3.8, 4) is 33.8 Å². The van der Waals surface area contributed by atoms with Crippen LogP contribution in [0, 0.1) is 0 Å². The average Bonchev–Trinajstić information content (AvgIpc) is 2.96. The fourth-order valence-corrected chi connectivity index (χ4v) is 5.54. The minimum absolute atomic E-state index is 0.0107. The third-order valence-electron chi connectivity index (χ3n) is 6.28. The molecule has 0 aliphatic rings. The van der Waals surface area contributed by atoms with Crippen LogP contribution in [0.4, 0.5) is 0 Å². The molecule has 4 aromatic carbocycles. The Balaban J connectivity index is 1.55. The molecule has 0 amide bonds. The first-order valence-electron chi connectivity index (χ1n) is 13.0. The summed E-state index contributed by atoms with van der Waals surface area (Å²) >= 11 is 0. The van der Waals surface area contributed by atoms with Crippen LogP contribution in [-0.2, 0) is 23.1 Å². The molecule has 0 spiro atoms. The molecule has 4 rings (SSSR count). The lowest BCUT2D eigenvalue weighted by Crippen LogP contribution is -2.07. The van der Waals surface area contributed by atoms with E-state index in [1.807, 2.05) is 57.2 Å². The van der Waals surface area contributed by atoms with Gasteiger partial charge < -0.3 is 19.7 Å². The van der Waals surface area contributed by atoms with Crippen molar-refractivity contribution in [2.75, 3.05) is 6.61 Å². The van der Waals surface area contributed by atoms with Crippen molar-refractivity contribution in [2.45, 2.75) is 56.3 Å². The van der Waals surface area contributed by atoms with Crippen LogP contribution in [-0.4, -0.2) is 31.3 Å². The van der Waals surface area contributed by atoms with E-state index in [0.29, 0.717) is 29.2 Å². The standard InChI is InChI=1S/C32H34O6S/c1-4-17-37-31-15-9-25(18-27(31)20-33)23-5-11-29(12-6-23)39(35,36)30-13-7-24(8-14-30)26-10-16-32(38-22(2)3)28(19-26)21-34/h5-16,18-19,22,33-34H,4,17,20-21H2,1-3H3. The highest BCUT2D eigenvalue weighted by atomic mass is 32.2. The van der Waals surface area contributed by atoms with Crippen molar-refractivity contribution in [2.24, 2.45) is 0 Å². The number of benzene rings is 4. The minimum atomic E-state index is -3.72. The Morgan fingerprint density at radius 1 is 0.667 bits per heavy atom. The van der Waals surface area contributed by atoms with Crippen LogP contribution in [0.15, 0.2) is 94.7 Å². The van der Waals surface area contributed by atoms with Gasteiger partial charge in [0.25, 0.3) is 0 Å². The number of aliphatic hydroxyl groups is 2. The molecule has 0 bridgehead atoms. The van der Waals surface area contributed by atoms with Gasteiger partial charge in [0.2, 0.25) is 9.84 Å². The molecule has 204 valence electrons. The lowest BCUT2D eigenvalue weighted by molar-refractivity contribution is 0.225. The lowest BCUT2D eigenvalue weighted by atomic mass is 10.0. The Kier molecular flexibility index (Phi) is 9.07. The summed E-state index contributed by atoms with van der Waals surface area (Å²) in [5.41, 5.74) is 4.75. The number of rotatable bonds is 11. The van der Waals surface area contributed by atoms with Crippen LogP contribution >= 0.6 is 0 Å². The van der Waals surface area contributed by atoms with Crippen LogP contribution in [0.25, 0.3) is 22.3 Å². The second-order valence-electron chi connectivity index (χ2n) is 9.53. The van der Waals surface area contributed by atoms with Crippen molar-refractivity contribution in [1.82, 2.24) is 0 Å². The van der Waals surface area contributed by atoms with Gasteiger partial charge >= 0.3 is 0 Å². The lowest BCUT2D eigenvalue weighted by Gasteiger charge is -2.14. The molecule has 0 aliphatic carbocycles. The fourth-order valence-electron chi connectivity index (χ4n) is 4.28. The van der Waals surface area contributed by atoms with Crippen molar-refractivity contribution in [1.29, 1.82) is 0 Å². The third kappa shape index (κ3) is 6.50. The molecule has 0 heterocycles. The molecule has 4 aromatic rings. The molecule has 6 nitrogen and oxygen atoms in total. The molecule has 0 unspecified atom stereocenters. The van der Waals surface area contributed by atoms with Crippen LogP contribution in [0.5, 0.6) is 11.5 Å². The maximum atomic E-state index is 13.3. The van der Waals surface area contributed by atoms with Gasteiger partial charge in [0.1, 0.15) is 11.5 Å². The molecule has 0 radical (unpaired) electrons. The highest BCUT2D eigenvalue weighted by Crippen LogP contribution is 2.31. The summed E-state index contributed by atoms with van der Waals surface area (Å²) in [6.45, 7) is 6.14. The number of ether oxygens (including phenoxy) is 2. The van der Waals surface area contributed by atoms with E-state index in [2.05, 4.69) is 0 Å². The molecular formula is C32H34O6S. The largest absolute Gasteiger partial charge is 0.493 e. The molecule has 0 saturated carbocycles. The van der Waals surface area contributed by atoms with Crippen molar-refractivity contribution in [3.63, 3.8) is 0 Å². The van der Waals surface area contributed by atoms with Gasteiger partial charge in [-0.25, -0.2) is 8.42 Å². The Bertz CT molecular complexity index is 1510. The Hall–Kier alpha value is -3.65. The summed E-state index contributed by atoms with van der Waals surface area (Å²) in [6.07, 6.45) is 0.861. The average molecular weight is 547 g/mol. The van der Waals surface area contributed by atoms with E-state index in [-0.39, 0.29) is 29.1 Å². The first-order valence-corrected chi connectivity index (χ1v) is 14.5. The number of sulfone groups is 1. The predicted octanol–water partition coefficient (Wildman–Crippen LogP) is 6.41. The van der Waals surface area contributed by atoms with Crippen molar-refractivity contribution in [3.05, 3.63) is 96.1 Å². The summed E-state index contributed by atoms with van der Waals surface area (Å²) in [6, 6.07) is 24.6. The van der Waals surface area contributed by atoms with Gasteiger partial charge in [-0.3, -0.25) is 0 Å². The molecule has 0 saturated heterocycles. The maximum Gasteiger partial charge on any atom is 0.206 e. The zero-order valence-corrected chi connectivity index (χ0v) is 23.2. The molecule has 7 heteroatoms. The number of hydrogen-bond donors (Lipinski definition) is 2. The topological polar surface area (TPSA) is 93.1 Å². The van der Waals surface area contributed by atoms with E-state index in [1.165, 1.54) is 0 Å². The van der Waals surface area contributed by atoms with Crippen LogP contribution in [0.2, 0.25) is 0 Å². The number of aliphatic hydroxyl groups excluding tert-OH is 2. The van der Waals surface area contributed by atoms with Crippen molar-refractivity contribution >= 4 is 9.84 Å². The van der Waals surface area contributed by atoms with E-state index < -0.39 is 9.84 Å². The van der Waals surface area contributed by atoms with E-state index in [1.54, 1.807) is 48.5 Å². The van der Waals surface area contributed by atoms with Crippen molar-refractivity contribution < 1.29 is 28.1 Å². The van der Waals surface area contributed by atoms with Gasteiger partial charge in [-0.2, -0.15) is 0 Å². The van der Waals surface area contributed by atoms with Gasteiger partial charge in [-0.15, -0.1) is 0 Å². The zero-order valence-electron chi connectivity index (χ0n) is 22.4. The first kappa shape index (κ1) is 28.4. The summed E-state index contributed by atoms with van der Waals surface area (Å²) in [5.74, 6) is 1.28. The quantitative estimate of drug-likeness (QED) is 0.226.